The molecule has 1 amide bonds. The summed E-state index contributed by atoms with van der Waals surface area (Å²) in [4.78, 5) is 11.8. The summed E-state index contributed by atoms with van der Waals surface area (Å²) in [6, 6.07) is -0.220. The second-order valence-electron chi connectivity index (χ2n) is 4.16. The van der Waals surface area contributed by atoms with E-state index in [9.17, 15) is 4.79 Å². The van der Waals surface area contributed by atoms with Gasteiger partial charge in [-0.25, -0.2) is 16.3 Å². The van der Waals surface area contributed by atoms with Crippen LogP contribution in [0.15, 0.2) is 0 Å². The lowest BCUT2D eigenvalue weighted by atomic mass is 9.83. The lowest BCUT2D eigenvalue weighted by molar-refractivity contribution is -0.133. The molecule has 1 saturated heterocycles. The third-order valence-electron chi connectivity index (χ3n) is 3.18. The van der Waals surface area contributed by atoms with Gasteiger partial charge in [-0.2, -0.15) is 0 Å². The number of hydrogen-bond acceptors (Lipinski definition) is 4. The van der Waals surface area contributed by atoms with Crippen molar-refractivity contribution in [3.8, 4) is 0 Å². The fourth-order valence-corrected chi connectivity index (χ4v) is 2.45. The van der Waals surface area contributed by atoms with Crippen LogP contribution in [0.2, 0.25) is 0 Å². The summed E-state index contributed by atoms with van der Waals surface area (Å²) in [6.07, 6.45) is 5.85. The molecule has 1 aliphatic heterocycles. The standard InChI is InChI=1S/C9H16N4OS/c10-13-8(14)7(11-12-9(13)15)6-4-2-1-3-5-6/h6-7,11H,1-5,10H2,(H,12,15). The normalized spacial score (nSPS) is 29.1. The Labute approximate surface area is 94.3 Å². The van der Waals surface area contributed by atoms with Crippen molar-refractivity contribution in [3.05, 3.63) is 0 Å². The number of nitrogens with zero attached hydrogens (tertiary/aromatic N) is 1. The zero-order chi connectivity index (χ0) is 10.8. The van der Waals surface area contributed by atoms with Gasteiger partial charge in [0.25, 0.3) is 5.91 Å². The molecule has 1 saturated carbocycles. The Morgan fingerprint density at radius 3 is 2.67 bits per heavy atom. The first-order chi connectivity index (χ1) is 7.20. The first-order valence-electron chi connectivity index (χ1n) is 5.34. The van der Waals surface area contributed by atoms with Gasteiger partial charge in [0.05, 0.1) is 0 Å². The largest absolute Gasteiger partial charge is 0.296 e. The Kier molecular flexibility index (Phi) is 3.18. The molecule has 4 N–H and O–H groups in total. The first-order valence-corrected chi connectivity index (χ1v) is 5.75. The monoisotopic (exact) mass is 228 g/mol. The smallest absolute Gasteiger partial charge is 0.262 e. The topological polar surface area (TPSA) is 70.4 Å². The molecule has 84 valence electrons. The van der Waals surface area contributed by atoms with E-state index < -0.39 is 0 Å². The fourth-order valence-electron chi connectivity index (χ4n) is 2.30. The minimum Gasteiger partial charge on any atom is -0.296 e. The van der Waals surface area contributed by atoms with Crippen molar-refractivity contribution < 1.29 is 4.79 Å². The summed E-state index contributed by atoms with van der Waals surface area (Å²) in [7, 11) is 0. The molecule has 0 aromatic heterocycles. The third kappa shape index (κ3) is 2.11. The molecule has 15 heavy (non-hydrogen) atoms. The molecule has 0 spiro atoms. The van der Waals surface area contributed by atoms with E-state index in [2.05, 4.69) is 10.9 Å². The van der Waals surface area contributed by atoms with Crippen LogP contribution in [0.3, 0.4) is 0 Å². The van der Waals surface area contributed by atoms with Gasteiger partial charge in [0.1, 0.15) is 6.04 Å². The van der Waals surface area contributed by atoms with Gasteiger partial charge in [0, 0.05) is 0 Å². The third-order valence-corrected chi connectivity index (χ3v) is 3.48. The molecule has 1 unspecified atom stereocenters. The summed E-state index contributed by atoms with van der Waals surface area (Å²) >= 11 is 4.87. The van der Waals surface area contributed by atoms with Crippen LogP contribution < -0.4 is 16.7 Å². The van der Waals surface area contributed by atoms with Gasteiger partial charge in [0.2, 0.25) is 5.11 Å². The second-order valence-corrected chi connectivity index (χ2v) is 4.55. The molecule has 1 atom stereocenters. The molecular formula is C9H16N4OS. The average Bonchev–Trinajstić information content (AvgIpc) is 2.27. The predicted octanol–water partition coefficient (Wildman–Crippen LogP) is 0.0303. The molecule has 0 bridgehead atoms. The van der Waals surface area contributed by atoms with Crippen LogP contribution in [-0.2, 0) is 4.79 Å². The Bertz CT molecular complexity index is 277. The Morgan fingerprint density at radius 1 is 1.33 bits per heavy atom. The number of nitrogens with one attached hydrogen (secondary N) is 2. The molecule has 0 aromatic rings. The van der Waals surface area contributed by atoms with Crippen molar-refractivity contribution >= 4 is 23.2 Å². The molecule has 2 rings (SSSR count). The quantitative estimate of drug-likeness (QED) is 0.335. The van der Waals surface area contributed by atoms with E-state index in [-0.39, 0.29) is 17.1 Å². The Hall–Kier alpha value is -0.720. The maximum atomic E-state index is 11.8. The van der Waals surface area contributed by atoms with E-state index in [0.29, 0.717) is 5.92 Å². The molecule has 5 nitrogen and oxygen atoms in total. The summed E-state index contributed by atoms with van der Waals surface area (Å²) < 4.78 is 0. The van der Waals surface area contributed by atoms with Crippen molar-refractivity contribution in [2.75, 3.05) is 0 Å². The summed E-state index contributed by atoms with van der Waals surface area (Å²) in [5.74, 6) is 5.82. The van der Waals surface area contributed by atoms with Gasteiger partial charge in [0.15, 0.2) is 0 Å². The van der Waals surface area contributed by atoms with Crippen molar-refractivity contribution in [1.29, 1.82) is 0 Å². The van der Waals surface area contributed by atoms with Crippen molar-refractivity contribution in [2.24, 2.45) is 11.8 Å². The average molecular weight is 228 g/mol. The van der Waals surface area contributed by atoms with Crippen LogP contribution in [0.1, 0.15) is 32.1 Å². The number of hydrogen-bond donors (Lipinski definition) is 3. The fraction of sp³-hybridized carbons (Fsp3) is 0.778. The highest BCUT2D eigenvalue weighted by Gasteiger charge is 2.36. The zero-order valence-corrected chi connectivity index (χ0v) is 9.35. The van der Waals surface area contributed by atoms with E-state index in [4.69, 9.17) is 18.1 Å². The summed E-state index contributed by atoms with van der Waals surface area (Å²) in [5.41, 5.74) is 5.73. The number of rotatable bonds is 1. The van der Waals surface area contributed by atoms with Crippen LogP contribution in [0.5, 0.6) is 0 Å². The highest BCUT2D eigenvalue weighted by molar-refractivity contribution is 7.80. The van der Waals surface area contributed by atoms with Gasteiger partial charge >= 0.3 is 0 Å². The van der Waals surface area contributed by atoms with Crippen molar-refractivity contribution in [3.63, 3.8) is 0 Å². The molecule has 1 heterocycles. The van der Waals surface area contributed by atoms with Gasteiger partial charge in [-0.1, -0.05) is 19.3 Å². The number of nitrogens with two attached hydrogens (primary N) is 1. The van der Waals surface area contributed by atoms with Crippen LogP contribution in [0.4, 0.5) is 0 Å². The zero-order valence-electron chi connectivity index (χ0n) is 8.53. The predicted molar refractivity (Wildman–Crippen MR) is 60.3 cm³/mol. The minimum atomic E-state index is -0.220. The maximum absolute atomic E-state index is 11.8. The Balaban J connectivity index is 2.02. The van der Waals surface area contributed by atoms with Gasteiger partial charge < -0.3 is 0 Å². The van der Waals surface area contributed by atoms with Gasteiger partial charge in [-0.3, -0.25) is 10.2 Å². The number of carbonyl (C=O) groups excluding carboxylic acids is 1. The summed E-state index contributed by atoms with van der Waals surface area (Å²) in [5, 5.41) is 1.28. The first kappa shape index (κ1) is 10.8. The maximum Gasteiger partial charge on any atom is 0.262 e. The lowest BCUT2D eigenvalue weighted by Gasteiger charge is -2.36. The Morgan fingerprint density at radius 2 is 2.00 bits per heavy atom. The number of hydrazine groups is 2. The number of amides is 1. The van der Waals surface area contributed by atoms with E-state index in [1.54, 1.807) is 0 Å². The van der Waals surface area contributed by atoms with Crippen molar-refractivity contribution in [1.82, 2.24) is 15.9 Å². The highest BCUT2D eigenvalue weighted by atomic mass is 32.1. The minimum absolute atomic E-state index is 0.120. The van der Waals surface area contributed by atoms with Crippen LogP contribution in [-0.4, -0.2) is 22.1 Å². The molecular weight excluding hydrogens is 212 g/mol. The SMILES string of the molecule is NN1C(=O)C(C2CCCCC2)NNC1=S. The van der Waals surface area contributed by atoms with Gasteiger partial charge in [-0.15, -0.1) is 0 Å². The van der Waals surface area contributed by atoms with Crippen molar-refractivity contribution in [2.45, 2.75) is 38.1 Å². The molecule has 2 aliphatic rings. The van der Waals surface area contributed by atoms with Crippen LogP contribution >= 0.6 is 12.2 Å². The highest BCUT2D eigenvalue weighted by Crippen LogP contribution is 2.27. The van der Waals surface area contributed by atoms with Crippen LogP contribution in [0.25, 0.3) is 0 Å². The van der Waals surface area contributed by atoms with E-state index in [1.165, 1.54) is 19.3 Å². The molecule has 1 aliphatic carbocycles. The van der Waals surface area contributed by atoms with Gasteiger partial charge in [-0.05, 0) is 31.0 Å². The molecule has 2 fully saturated rings. The van der Waals surface area contributed by atoms with E-state index >= 15 is 0 Å². The summed E-state index contributed by atoms with van der Waals surface area (Å²) in [6.45, 7) is 0. The number of carbonyl (C=O) groups is 1. The van der Waals surface area contributed by atoms with Crippen LogP contribution in [0, 0.1) is 5.92 Å². The lowest BCUT2D eigenvalue weighted by Crippen LogP contribution is -2.67. The molecule has 0 aromatic carbocycles. The second kappa shape index (κ2) is 4.42. The molecule has 6 heteroatoms. The van der Waals surface area contributed by atoms with E-state index in [0.717, 1.165) is 17.9 Å². The number of thiocarbonyl (C=S) groups is 1. The molecule has 0 radical (unpaired) electrons. The van der Waals surface area contributed by atoms with E-state index in [1.807, 2.05) is 0 Å².